The summed E-state index contributed by atoms with van der Waals surface area (Å²) in [5.74, 6) is 0.394. The summed E-state index contributed by atoms with van der Waals surface area (Å²) >= 11 is 0. The number of benzene rings is 3. The summed E-state index contributed by atoms with van der Waals surface area (Å²) in [5.41, 5.74) is 2.39. The van der Waals surface area contributed by atoms with Crippen molar-refractivity contribution in [2.75, 3.05) is 12.4 Å². The standard InChI is InChI=1S/C27H24F3N3O3/c1-33-24(15-18-6-10-21(34)11-7-18)23(14-17-8-12-22(36-2)13-9-17)31-26(33)32-25(35)19-4-3-5-20(16-19)27(28,29)30/h3-13,16,34H,14-15H2,1-2H3,(H,31,32,35). The van der Waals surface area contributed by atoms with Crippen LogP contribution in [-0.2, 0) is 26.1 Å². The molecule has 1 amide bonds. The number of halogens is 3. The number of rotatable bonds is 7. The number of nitrogens with one attached hydrogen (secondary N) is 1. The second-order valence-electron chi connectivity index (χ2n) is 8.29. The van der Waals surface area contributed by atoms with Gasteiger partial charge >= 0.3 is 6.18 Å². The number of hydrogen-bond acceptors (Lipinski definition) is 4. The number of alkyl halides is 3. The fourth-order valence-electron chi connectivity index (χ4n) is 3.82. The van der Waals surface area contributed by atoms with Crippen molar-refractivity contribution in [2.45, 2.75) is 19.0 Å². The molecular formula is C27H24F3N3O3. The predicted octanol–water partition coefficient (Wildman–Crippen LogP) is 5.59. The third-order valence-electron chi connectivity index (χ3n) is 5.81. The number of carbonyl (C=O) groups is 1. The first-order valence-corrected chi connectivity index (χ1v) is 11.1. The number of imidazole rings is 1. The number of hydrogen-bond donors (Lipinski definition) is 2. The van der Waals surface area contributed by atoms with Crippen molar-refractivity contribution in [2.24, 2.45) is 7.05 Å². The molecule has 0 fully saturated rings. The van der Waals surface area contributed by atoms with E-state index < -0.39 is 17.6 Å². The monoisotopic (exact) mass is 495 g/mol. The van der Waals surface area contributed by atoms with E-state index >= 15 is 0 Å². The van der Waals surface area contributed by atoms with E-state index in [-0.39, 0.29) is 17.3 Å². The molecule has 0 aliphatic carbocycles. The van der Waals surface area contributed by atoms with Crippen molar-refractivity contribution in [1.82, 2.24) is 9.55 Å². The fourth-order valence-corrected chi connectivity index (χ4v) is 3.82. The molecule has 2 N–H and O–H groups in total. The van der Waals surface area contributed by atoms with Gasteiger partial charge in [-0.2, -0.15) is 13.2 Å². The van der Waals surface area contributed by atoms with Crippen LogP contribution in [0, 0.1) is 0 Å². The number of methoxy groups -OCH3 is 1. The summed E-state index contributed by atoms with van der Waals surface area (Å²) in [4.78, 5) is 17.4. The molecule has 3 aromatic carbocycles. The first-order chi connectivity index (χ1) is 17.1. The Labute approximate surface area is 206 Å². The maximum atomic E-state index is 13.1. The molecule has 1 aromatic heterocycles. The predicted molar refractivity (Wildman–Crippen MR) is 129 cm³/mol. The summed E-state index contributed by atoms with van der Waals surface area (Å²) in [6.45, 7) is 0. The van der Waals surface area contributed by atoms with E-state index in [1.807, 2.05) is 24.3 Å². The Morgan fingerprint density at radius 3 is 2.28 bits per heavy atom. The highest BCUT2D eigenvalue weighted by Crippen LogP contribution is 2.30. The summed E-state index contributed by atoms with van der Waals surface area (Å²) in [6, 6.07) is 18.5. The zero-order chi connectivity index (χ0) is 25.9. The Bertz CT molecular complexity index is 1360. The quantitative estimate of drug-likeness (QED) is 0.351. The average molecular weight is 496 g/mol. The highest BCUT2D eigenvalue weighted by molar-refractivity contribution is 6.03. The number of ether oxygens (including phenoxy) is 1. The van der Waals surface area contributed by atoms with Gasteiger partial charge < -0.3 is 14.4 Å². The number of phenols is 1. The van der Waals surface area contributed by atoms with Gasteiger partial charge in [0.1, 0.15) is 11.5 Å². The van der Waals surface area contributed by atoms with E-state index in [1.165, 1.54) is 12.1 Å². The van der Waals surface area contributed by atoms with E-state index in [1.54, 1.807) is 43.0 Å². The van der Waals surface area contributed by atoms with Gasteiger partial charge in [0, 0.05) is 31.1 Å². The maximum absolute atomic E-state index is 13.1. The van der Waals surface area contributed by atoms with E-state index in [0.717, 1.165) is 34.7 Å². The SMILES string of the molecule is COc1ccc(Cc2nc(NC(=O)c3cccc(C(F)(F)F)c3)n(C)c2Cc2ccc(O)cc2)cc1. The van der Waals surface area contributed by atoms with Gasteiger partial charge in [0.15, 0.2) is 0 Å². The summed E-state index contributed by atoms with van der Waals surface area (Å²) in [7, 11) is 3.32. The summed E-state index contributed by atoms with van der Waals surface area (Å²) in [5, 5.41) is 12.3. The Hall–Kier alpha value is -4.27. The molecule has 4 rings (SSSR count). The molecule has 9 heteroatoms. The number of nitrogens with zero attached hydrogens (tertiary/aromatic N) is 2. The van der Waals surface area contributed by atoms with Crippen LogP contribution in [0.15, 0.2) is 72.8 Å². The molecular weight excluding hydrogens is 471 g/mol. The molecule has 0 aliphatic rings. The van der Waals surface area contributed by atoms with Gasteiger partial charge in [-0.05, 0) is 53.6 Å². The molecule has 186 valence electrons. The lowest BCUT2D eigenvalue weighted by Gasteiger charge is -2.10. The molecule has 0 unspecified atom stereocenters. The minimum Gasteiger partial charge on any atom is -0.508 e. The molecule has 0 radical (unpaired) electrons. The molecule has 0 bridgehead atoms. The number of aromatic hydroxyl groups is 1. The third kappa shape index (κ3) is 5.68. The van der Waals surface area contributed by atoms with Gasteiger partial charge in [-0.1, -0.05) is 30.3 Å². The zero-order valence-electron chi connectivity index (χ0n) is 19.6. The van der Waals surface area contributed by atoms with Crippen molar-refractivity contribution in [3.63, 3.8) is 0 Å². The molecule has 1 heterocycles. The van der Waals surface area contributed by atoms with Gasteiger partial charge in [0.25, 0.3) is 5.91 Å². The highest BCUT2D eigenvalue weighted by Gasteiger charge is 2.31. The molecule has 6 nitrogen and oxygen atoms in total. The van der Waals surface area contributed by atoms with E-state index in [0.29, 0.717) is 18.5 Å². The first-order valence-electron chi connectivity index (χ1n) is 11.1. The lowest BCUT2D eigenvalue weighted by Crippen LogP contribution is -2.16. The highest BCUT2D eigenvalue weighted by atomic mass is 19.4. The van der Waals surface area contributed by atoms with Gasteiger partial charge in [0.2, 0.25) is 5.95 Å². The summed E-state index contributed by atoms with van der Waals surface area (Å²) in [6.07, 6.45) is -3.62. The zero-order valence-corrected chi connectivity index (χ0v) is 19.6. The van der Waals surface area contributed by atoms with Crippen LogP contribution in [0.4, 0.5) is 19.1 Å². The maximum Gasteiger partial charge on any atom is 0.416 e. The number of phenolic OH excluding ortho intramolecular Hbond substituents is 1. The van der Waals surface area contributed by atoms with Crippen LogP contribution in [0.5, 0.6) is 11.5 Å². The van der Waals surface area contributed by atoms with Gasteiger partial charge in [-0.3, -0.25) is 10.1 Å². The number of amides is 1. The number of carbonyl (C=O) groups excluding carboxylic acids is 1. The van der Waals surface area contributed by atoms with Crippen molar-refractivity contribution < 1.29 is 27.8 Å². The normalized spacial score (nSPS) is 11.4. The largest absolute Gasteiger partial charge is 0.508 e. The van der Waals surface area contributed by atoms with Crippen LogP contribution in [0.3, 0.4) is 0 Å². The van der Waals surface area contributed by atoms with Crippen LogP contribution in [0.1, 0.15) is 38.4 Å². The first kappa shape index (κ1) is 24.8. The van der Waals surface area contributed by atoms with Crippen LogP contribution in [-0.4, -0.2) is 27.7 Å². The topological polar surface area (TPSA) is 76.4 Å². The van der Waals surface area contributed by atoms with Crippen molar-refractivity contribution in [3.8, 4) is 11.5 Å². The Balaban J connectivity index is 1.66. The van der Waals surface area contributed by atoms with E-state index in [9.17, 15) is 23.1 Å². The smallest absolute Gasteiger partial charge is 0.416 e. The van der Waals surface area contributed by atoms with Gasteiger partial charge in [-0.25, -0.2) is 4.98 Å². The Morgan fingerprint density at radius 2 is 1.64 bits per heavy atom. The van der Waals surface area contributed by atoms with Crippen molar-refractivity contribution >= 4 is 11.9 Å². The molecule has 0 aliphatic heterocycles. The number of aromatic nitrogens is 2. The van der Waals surface area contributed by atoms with Crippen LogP contribution in [0.25, 0.3) is 0 Å². The van der Waals surface area contributed by atoms with E-state index in [4.69, 9.17) is 4.74 Å². The van der Waals surface area contributed by atoms with Crippen LogP contribution in [0.2, 0.25) is 0 Å². The van der Waals surface area contributed by atoms with Gasteiger partial charge in [-0.15, -0.1) is 0 Å². The molecule has 0 spiro atoms. The summed E-state index contributed by atoms with van der Waals surface area (Å²) < 4.78 is 46.2. The molecule has 4 aromatic rings. The molecule has 0 atom stereocenters. The second-order valence-corrected chi connectivity index (χ2v) is 8.29. The Kier molecular flexibility index (Phi) is 7.00. The fraction of sp³-hybridized carbons (Fsp3) is 0.185. The van der Waals surface area contributed by atoms with Crippen LogP contribution >= 0.6 is 0 Å². The molecule has 0 saturated carbocycles. The molecule has 36 heavy (non-hydrogen) atoms. The minimum atomic E-state index is -4.55. The molecule has 0 saturated heterocycles. The van der Waals surface area contributed by atoms with Crippen LogP contribution < -0.4 is 10.1 Å². The van der Waals surface area contributed by atoms with Crippen molar-refractivity contribution in [1.29, 1.82) is 0 Å². The van der Waals surface area contributed by atoms with Crippen molar-refractivity contribution in [3.05, 3.63) is 106 Å². The average Bonchev–Trinajstić information content (AvgIpc) is 3.14. The lowest BCUT2D eigenvalue weighted by atomic mass is 10.0. The third-order valence-corrected chi connectivity index (χ3v) is 5.81. The second kappa shape index (κ2) is 10.2. The Morgan fingerprint density at radius 1 is 1.00 bits per heavy atom. The lowest BCUT2D eigenvalue weighted by molar-refractivity contribution is -0.137. The number of anilines is 1. The van der Waals surface area contributed by atoms with Gasteiger partial charge in [0.05, 0.1) is 18.4 Å². The van der Waals surface area contributed by atoms with E-state index in [2.05, 4.69) is 10.3 Å². The minimum absolute atomic E-state index is 0.121.